The van der Waals surface area contributed by atoms with Gasteiger partial charge in [0.25, 0.3) is 5.91 Å². The van der Waals surface area contributed by atoms with E-state index >= 15 is 0 Å². The minimum atomic E-state index is -0.452. The van der Waals surface area contributed by atoms with Crippen LogP contribution in [0.1, 0.15) is 16.8 Å². The first kappa shape index (κ1) is 16.4. The minimum Gasteiger partial charge on any atom is -0.352 e. The highest BCUT2D eigenvalue weighted by Crippen LogP contribution is 2.03. The summed E-state index contributed by atoms with van der Waals surface area (Å²) in [6.45, 7) is 0.776. The number of nitrogens with zero attached hydrogens (tertiary/aromatic N) is 1. The highest BCUT2D eigenvalue weighted by Gasteiger charge is 2.05. The van der Waals surface area contributed by atoms with Crippen molar-refractivity contribution in [2.75, 3.05) is 18.4 Å². The fraction of sp³-hybridized carbons (Fsp3) is 0.188. The second-order valence-corrected chi connectivity index (χ2v) is 4.74. The zero-order valence-corrected chi connectivity index (χ0v) is 12.4. The number of rotatable bonds is 6. The number of urea groups is 1. The lowest BCUT2D eigenvalue weighted by atomic mass is 10.2. The highest BCUT2D eigenvalue weighted by atomic mass is 19.1. The molecule has 0 aliphatic carbocycles. The summed E-state index contributed by atoms with van der Waals surface area (Å²) in [5.74, 6) is -0.796. The Morgan fingerprint density at radius 2 is 1.91 bits per heavy atom. The average Bonchev–Trinajstić information content (AvgIpc) is 2.55. The van der Waals surface area contributed by atoms with Gasteiger partial charge >= 0.3 is 6.03 Å². The second kappa shape index (κ2) is 8.47. The van der Waals surface area contributed by atoms with E-state index in [2.05, 4.69) is 20.9 Å². The lowest BCUT2D eigenvalue weighted by Crippen LogP contribution is -2.32. The lowest BCUT2D eigenvalue weighted by Gasteiger charge is -2.08. The van der Waals surface area contributed by atoms with E-state index in [9.17, 15) is 14.0 Å². The molecule has 0 fully saturated rings. The Bertz CT molecular complexity index is 664. The molecule has 6 nitrogen and oxygen atoms in total. The summed E-state index contributed by atoms with van der Waals surface area (Å²) in [6, 6.07) is 8.58. The molecular formula is C16H17FN4O2. The molecule has 0 aliphatic rings. The fourth-order valence-electron chi connectivity index (χ4n) is 1.84. The topological polar surface area (TPSA) is 83.1 Å². The molecule has 0 unspecified atom stereocenters. The average molecular weight is 316 g/mol. The van der Waals surface area contributed by atoms with Gasteiger partial charge in [-0.1, -0.05) is 6.07 Å². The molecule has 1 heterocycles. The molecule has 3 N–H and O–H groups in total. The zero-order chi connectivity index (χ0) is 16.5. The van der Waals surface area contributed by atoms with Gasteiger partial charge in [-0.25, -0.2) is 9.18 Å². The predicted octanol–water partition coefficient (Wildman–Crippen LogP) is 2.16. The highest BCUT2D eigenvalue weighted by molar-refractivity contribution is 5.94. The van der Waals surface area contributed by atoms with Crippen molar-refractivity contribution >= 4 is 17.6 Å². The number of carbonyl (C=O) groups is 2. The van der Waals surface area contributed by atoms with Gasteiger partial charge in [0.05, 0.1) is 11.9 Å². The van der Waals surface area contributed by atoms with Crippen LogP contribution in [0.4, 0.5) is 14.9 Å². The number of hydrogen-bond acceptors (Lipinski definition) is 3. The van der Waals surface area contributed by atoms with Crippen LogP contribution >= 0.6 is 0 Å². The van der Waals surface area contributed by atoms with E-state index < -0.39 is 5.82 Å². The zero-order valence-electron chi connectivity index (χ0n) is 12.4. The van der Waals surface area contributed by atoms with Crippen LogP contribution in [0, 0.1) is 5.82 Å². The normalized spacial score (nSPS) is 9.96. The second-order valence-electron chi connectivity index (χ2n) is 4.74. The molecular weight excluding hydrogens is 299 g/mol. The smallest absolute Gasteiger partial charge is 0.319 e. The number of carbonyl (C=O) groups excluding carboxylic acids is 2. The van der Waals surface area contributed by atoms with Gasteiger partial charge in [0.2, 0.25) is 0 Å². The largest absolute Gasteiger partial charge is 0.352 e. The first-order chi connectivity index (χ1) is 11.1. The van der Waals surface area contributed by atoms with Crippen molar-refractivity contribution in [3.8, 4) is 0 Å². The maximum atomic E-state index is 13.0. The Morgan fingerprint density at radius 1 is 1.09 bits per heavy atom. The summed E-state index contributed by atoms with van der Waals surface area (Å²) >= 11 is 0. The van der Waals surface area contributed by atoms with E-state index in [4.69, 9.17) is 0 Å². The summed E-state index contributed by atoms with van der Waals surface area (Å²) in [5, 5.41) is 7.96. The Labute approximate surface area is 133 Å². The van der Waals surface area contributed by atoms with Gasteiger partial charge < -0.3 is 16.0 Å². The number of aromatic nitrogens is 1. The molecule has 0 spiro atoms. The molecule has 0 atom stereocenters. The third-order valence-corrected chi connectivity index (χ3v) is 2.93. The Hall–Kier alpha value is -2.96. The number of hydrogen-bond donors (Lipinski definition) is 3. The van der Waals surface area contributed by atoms with Gasteiger partial charge in [-0.3, -0.25) is 9.78 Å². The van der Waals surface area contributed by atoms with E-state index in [-0.39, 0.29) is 17.5 Å². The molecule has 23 heavy (non-hydrogen) atoms. The molecule has 0 radical (unpaired) electrons. The van der Waals surface area contributed by atoms with Gasteiger partial charge in [-0.2, -0.15) is 0 Å². The molecule has 3 amide bonds. The molecule has 0 saturated heterocycles. The third-order valence-electron chi connectivity index (χ3n) is 2.93. The maximum absolute atomic E-state index is 13.0. The third kappa shape index (κ3) is 5.74. The molecule has 7 heteroatoms. The van der Waals surface area contributed by atoms with Crippen molar-refractivity contribution in [2.24, 2.45) is 0 Å². The number of benzene rings is 1. The van der Waals surface area contributed by atoms with Crippen molar-refractivity contribution in [3.63, 3.8) is 0 Å². The monoisotopic (exact) mass is 316 g/mol. The molecule has 2 aromatic rings. The van der Waals surface area contributed by atoms with Gasteiger partial charge in [0.1, 0.15) is 5.82 Å². The number of nitrogens with one attached hydrogen (secondary N) is 3. The van der Waals surface area contributed by atoms with Crippen molar-refractivity contribution in [1.82, 2.24) is 15.6 Å². The molecule has 0 aliphatic heterocycles. The van der Waals surface area contributed by atoms with Crippen molar-refractivity contribution in [3.05, 3.63) is 60.2 Å². The lowest BCUT2D eigenvalue weighted by molar-refractivity contribution is 0.0953. The Morgan fingerprint density at radius 3 is 2.65 bits per heavy atom. The summed E-state index contributed by atoms with van der Waals surface area (Å²) in [5.41, 5.74) is 0.872. The van der Waals surface area contributed by atoms with Crippen LogP contribution in [-0.2, 0) is 0 Å². The van der Waals surface area contributed by atoms with E-state index in [0.717, 1.165) is 0 Å². The van der Waals surface area contributed by atoms with Gasteiger partial charge in [-0.05, 0) is 36.8 Å². The first-order valence-electron chi connectivity index (χ1n) is 7.14. The van der Waals surface area contributed by atoms with Crippen LogP contribution in [-0.4, -0.2) is 30.0 Å². The van der Waals surface area contributed by atoms with E-state index in [1.165, 1.54) is 24.3 Å². The SMILES string of the molecule is O=C(NCCCNC(=O)c1cccc(F)c1)Nc1cccnc1. The minimum absolute atomic E-state index is 0.271. The summed E-state index contributed by atoms with van der Waals surface area (Å²) in [4.78, 5) is 27.2. The molecule has 0 bridgehead atoms. The molecule has 120 valence electrons. The fourth-order valence-corrected chi connectivity index (χ4v) is 1.84. The number of halogens is 1. The van der Waals surface area contributed by atoms with E-state index in [1.54, 1.807) is 24.5 Å². The van der Waals surface area contributed by atoms with Crippen molar-refractivity contribution in [2.45, 2.75) is 6.42 Å². The predicted molar refractivity (Wildman–Crippen MR) is 84.6 cm³/mol. The molecule has 1 aromatic carbocycles. The van der Waals surface area contributed by atoms with E-state index in [1.807, 2.05) is 0 Å². The standard InChI is InChI=1S/C16H17FN4O2/c17-13-5-1-4-12(10-13)15(22)19-8-3-9-20-16(23)21-14-6-2-7-18-11-14/h1-2,4-7,10-11H,3,8-9H2,(H,19,22)(H2,20,21,23). The number of anilines is 1. The van der Waals surface area contributed by atoms with Crippen LogP contribution in [0.15, 0.2) is 48.8 Å². The van der Waals surface area contributed by atoms with Gasteiger partial charge in [0.15, 0.2) is 0 Å². The number of pyridine rings is 1. The molecule has 2 rings (SSSR count). The van der Waals surface area contributed by atoms with Crippen LogP contribution in [0.25, 0.3) is 0 Å². The van der Waals surface area contributed by atoms with E-state index in [0.29, 0.717) is 25.2 Å². The summed E-state index contributed by atoms with van der Waals surface area (Å²) in [7, 11) is 0. The van der Waals surface area contributed by atoms with Crippen LogP contribution in [0.3, 0.4) is 0 Å². The maximum Gasteiger partial charge on any atom is 0.319 e. The Balaban J connectivity index is 1.62. The van der Waals surface area contributed by atoms with Gasteiger partial charge in [0, 0.05) is 24.8 Å². The van der Waals surface area contributed by atoms with Crippen molar-refractivity contribution < 1.29 is 14.0 Å². The molecule has 0 saturated carbocycles. The van der Waals surface area contributed by atoms with Crippen LogP contribution < -0.4 is 16.0 Å². The Kier molecular flexibility index (Phi) is 6.05. The molecule has 1 aromatic heterocycles. The number of amides is 3. The first-order valence-corrected chi connectivity index (χ1v) is 7.14. The summed E-state index contributed by atoms with van der Waals surface area (Å²) < 4.78 is 13.0. The van der Waals surface area contributed by atoms with Crippen molar-refractivity contribution in [1.29, 1.82) is 0 Å². The summed E-state index contributed by atoms with van der Waals surface area (Å²) in [6.07, 6.45) is 3.71. The van der Waals surface area contributed by atoms with Crippen LogP contribution in [0.5, 0.6) is 0 Å². The van der Waals surface area contributed by atoms with Crippen LogP contribution in [0.2, 0.25) is 0 Å². The quantitative estimate of drug-likeness (QED) is 0.714. The van der Waals surface area contributed by atoms with Gasteiger partial charge in [-0.15, -0.1) is 0 Å².